The Morgan fingerprint density at radius 1 is 1.21 bits per heavy atom. The van der Waals surface area contributed by atoms with E-state index in [1.54, 1.807) is 0 Å². The molecule has 108 valence electrons. The number of benzene rings is 1. The van der Waals surface area contributed by atoms with Crippen molar-refractivity contribution in [2.45, 2.75) is 45.1 Å². The van der Waals surface area contributed by atoms with E-state index in [0.29, 0.717) is 12.8 Å². The highest BCUT2D eigenvalue weighted by Gasteiger charge is 2.21. The van der Waals surface area contributed by atoms with Gasteiger partial charge in [0.25, 0.3) is 0 Å². The summed E-state index contributed by atoms with van der Waals surface area (Å²) in [4.78, 5) is 0. The van der Waals surface area contributed by atoms with Gasteiger partial charge in [-0.2, -0.15) is 0 Å². The largest absolute Gasteiger partial charge is 0.388 e. The number of hydrogen-bond donors (Lipinski definition) is 1. The molecule has 0 fully saturated rings. The van der Waals surface area contributed by atoms with Crippen molar-refractivity contribution < 1.29 is 13.5 Å². The molecule has 0 radical (unpaired) electrons. The minimum absolute atomic E-state index is 0.0333. The maximum Gasteiger partial charge on any atom is 0.147 e. The number of sulfone groups is 1. The highest BCUT2D eigenvalue weighted by molar-refractivity contribution is 7.90. The molecule has 0 aliphatic rings. The molecule has 0 aliphatic heterocycles. The Balaban J connectivity index is 2.80. The van der Waals surface area contributed by atoms with Crippen molar-refractivity contribution in [3.8, 4) is 0 Å². The predicted octanol–water partition coefficient (Wildman–Crippen LogP) is 2.84. The smallest absolute Gasteiger partial charge is 0.147 e. The van der Waals surface area contributed by atoms with Gasteiger partial charge in [0.1, 0.15) is 9.84 Å². The molecule has 1 rings (SSSR count). The molecule has 3 nitrogen and oxygen atoms in total. The molecule has 0 bridgehead atoms. The van der Waals surface area contributed by atoms with Gasteiger partial charge in [-0.05, 0) is 29.4 Å². The summed E-state index contributed by atoms with van der Waals surface area (Å²) in [5, 5.41) is 10.3. The van der Waals surface area contributed by atoms with Crippen molar-refractivity contribution in [1.29, 1.82) is 0 Å². The lowest BCUT2D eigenvalue weighted by Gasteiger charge is -2.25. The van der Waals surface area contributed by atoms with E-state index in [9.17, 15) is 13.5 Å². The molecule has 0 amide bonds. The van der Waals surface area contributed by atoms with Gasteiger partial charge in [-0.15, -0.1) is 0 Å². The van der Waals surface area contributed by atoms with Crippen molar-refractivity contribution in [2.75, 3.05) is 12.0 Å². The van der Waals surface area contributed by atoms with Gasteiger partial charge in [0, 0.05) is 12.0 Å². The lowest BCUT2D eigenvalue weighted by atomic mass is 9.82. The van der Waals surface area contributed by atoms with E-state index < -0.39 is 15.9 Å². The van der Waals surface area contributed by atoms with E-state index in [2.05, 4.69) is 20.8 Å². The number of aliphatic hydroxyl groups is 1. The van der Waals surface area contributed by atoms with E-state index in [1.165, 1.54) is 6.26 Å². The summed E-state index contributed by atoms with van der Waals surface area (Å²) in [5.74, 6) is 0.127. The maximum atomic E-state index is 11.1. The molecule has 0 aliphatic carbocycles. The highest BCUT2D eigenvalue weighted by Crippen LogP contribution is 2.31. The average molecular weight is 284 g/mol. The molecule has 0 saturated heterocycles. The Kier molecular flexibility index (Phi) is 5.16. The molecule has 0 heterocycles. The van der Waals surface area contributed by atoms with Gasteiger partial charge in [0.2, 0.25) is 0 Å². The number of aliphatic hydroxyl groups excluding tert-OH is 1. The second-order valence-electron chi connectivity index (χ2n) is 6.13. The first-order valence-electron chi connectivity index (χ1n) is 6.56. The van der Waals surface area contributed by atoms with Crippen LogP contribution in [0.15, 0.2) is 24.3 Å². The molecule has 1 aromatic carbocycles. The van der Waals surface area contributed by atoms with Crippen LogP contribution in [0.25, 0.3) is 0 Å². The second-order valence-corrected chi connectivity index (χ2v) is 8.38. The number of hydrogen-bond acceptors (Lipinski definition) is 3. The van der Waals surface area contributed by atoms with E-state index >= 15 is 0 Å². The summed E-state index contributed by atoms with van der Waals surface area (Å²) in [7, 11) is -2.95. The lowest BCUT2D eigenvalue weighted by Crippen LogP contribution is -2.16. The molecule has 1 unspecified atom stereocenters. The fourth-order valence-corrected chi connectivity index (χ4v) is 2.86. The molecular weight excluding hydrogens is 260 g/mol. The van der Waals surface area contributed by atoms with Crippen LogP contribution in [0.1, 0.15) is 50.8 Å². The summed E-state index contributed by atoms with van der Waals surface area (Å²) >= 11 is 0. The fraction of sp³-hybridized carbons (Fsp3) is 0.600. The zero-order valence-electron chi connectivity index (χ0n) is 12.2. The quantitative estimate of drug-likeness (QED) is 0.904. The molecule has 1 N–H and O–H groups in total. The van der Waals surface area contributed by atoms with Crippen molar-refractivity contribution >= 4 is 9.84 Å². The van der Waals surface area contributed by atoms with E-state index in [-0.39, 0.29) is 11.2 Å². The Bertz CT molecular complexity index is 512. The normalized spacial score (nSPS) is 14.4. The summed E-state index contributed by atoms with van der Waals surface area (Å²) in [5.41, 5.74) is 1.99. The number of rotatable bonds is 5. The van der Waals surface area contributed by atoms with Crippen LogP contribution in [0.5, 0.6) is 0 Å². The Hall–Kier alpha value is -0.870. The van der Waals surface area contributed by atoms with Crippen LogP contribution in [0.4, 0.5) is 0 Å². The molecule has 0 aromatic heterocycles. The Morgan fingerprint density at radius 2 is 1.79 bits per heavy atom. The minimum Gasteiger partial charge on any atom is -0.388 e. The Labute approximate surface area is 116 Å². The van der Waals surface area contributed by atoms with E-state index in [0.717, 1.165) is 11.1 Å². The maximum absolute atomic E-state index is 11.1. The summed E-state index contributed by atoms with van der Waals surface area (Å²) < 4.78 is 22.2. The second kappa shape index (κ2) is 6.06. The lowest BCUT2D eigenvalue weighted by molar-refractivity contribution is 0.164. The molecule has 4 heteroatoms. The third-order valence-corrected chi connectivity index (χ3v) is 4.15. The zero-order chi connectivity index (χ0) is 14.7. The van der Waals surface area contributed by atoms with Crippen LogP contribution >= 0.6 is 0 Å². The van der Waals surface area contributed by atoms with Crippen LogP contribution in [0, 0.1) is 0 Å². The van der Waals surface area contributed by atoms with Crippen LogP contribution in [0.2, 0.25) is 0 Å². The van der Waals surface area contributed by atoms with Crippen molar-refractivity contribution in [2.24, 2.45) is 0 Å². The van der Waals surface area contributed by atoms with Gasteiger partial charge in [-0.1, -0.05) is 45.0 Å². The molecule has 1 atom stereocenters. The first-order valence-corrected chi connectivity index (χ1v) is 8.62. The average Bonchev–Trinajstić information content (AvgIpc) is 2.26. The van der Waals surface area contributed by atoms with Crippen molar-refractivity contribution in [3.63, 3.8) is 0 Å². The van der Waals surface area contributed by atoms with Crippen LogP contribution in [-0.2, 0) is 15.3 Å². The van der Waals surface area contributed by atoms with Gasteiger partial charge in [0.15, 0.2) is 0 Å². The fourth-order valence-electron chi connectivity index (χ4n) is 2.16. The van der Waals surface area contributed by atoms with Gasteiger partial charge < -0.3 is 5.11 Å². The Morgan fingerprint density at radius 3 is 2.32 bits per heavy atom. The summed E-state index contributed by atoms with van der Waals surface area (Å²) in [6.45, 7) is 6.32. The van der Waals surface area contributed by atoms with Crippen molar-refractivity contribution in [3.05, 3.63) is 35.4 Å². The minimum atomic E-state index is -2.95. The first kappa shape index (κ1) is 16.2. The summed E-state index contributed by atoms with van der Waals surface area (Å²) in [6, 6.07) is 7.82. The topological polar surface area (TPSA) is 54.4 Å². The van der Waals surface area contributed by atoms with Gasteiger partial charge >= 0.3 is 0 Å². The first-order chi connectivity index (χ1) is 8.61. The zero-order valence-corrected chi connectivity index (χ0v) is 13.0. The molecule has 19 heavy (non-hydrogen) atoms. The third kappa shape index (κ3) is 5.33. The van der Waals surface area contributed by atoms with Crippen LogP contribution < -0.4 is 0 Å². The third-order valence-electron chi connectivity index (χ3n) is 3.12. The van der Waals surface area contributed by atoms with Gasteiger partial charge in [-0.3, -0.25) is 0 Å². The van der Waals surface area contributed by atoms with Crippen LogP contribution in [0.3, 0.4) is 0 Å². The molecule has 0 spiro atoms. The standard InChI is InChI=1S/C15H24O3S/c1-15(2,3)13-9-6-5-8-12(13)14(16)10-7-11-19(4,17)18/h5-6,8-9,14,16H,7,10-11H2,1-4H3. The SMILES string of the molecule is CC(C)(C)c1ccccc1C(O)CCCS(C)(=O)=O. The van der Waals surface area contributed by atoms with Crippen LogP contribution in [-0.4, -0.2) is 25.5 Å². The molecule has 0 saturated carbocycles. The van der Waals surface area contributed by atoms with Gasteiger partial charge in [0.05, 0.1) is 6.10 Å². The molecular formula is C15H24O3S. The summed E-state index contributed by atoms with van der Waals surface area (Å²) in [6.07, 6.45) is 1.58. The molecule has 1 aromatic rings. The monoisotopic (exact) mass is 284 g/mol. The van der Waals surface area contributed by atoms with E-state index in [1.807, 2.05) is 24.3 Å². The van der Waals surface area contributed by atoms with E-state index in [4.69, 9.17) is 0 Å². The van der Waals surface area contributed by atoms with Gasteiger partial charge in [-0.25, -0.2) is 8.42 Å². The predicted molar refractivity (Wildman–Crippen MR) is 79.0 cm³/mol. The highest BCUT2D eigenvalue weighted by atomic mass is 32.2. The van der Waals surface area contributed by atoms with Crippen molar-refractivity contribution in [1.82, 2.24) is 0 Å².